The number of benzene rings is 2. The summed E-state index contributed by atoms with van der Waals surface area (Å²) in [7, 11) is -3.67. The molecule has 6 nitrogen and oxygen atoms in total. The molecule has 1 atom stereocenters. The minimum absolute atomic E-state index is 0.0361. The number of hydrogen-bond acceptors (Lipinski definition) is 5. The summed E-state index contributed by atoms with van der Waals surface area (Å²) in [6.45, 7) is 1.17. The van der Waals surface area contributed by atoms with Crippen LogP contribution in [0.4, 0.5) is 24.5 Å². The molecule has 0 radical (unpaired) electrons. The van der Waals surface area contributed by atoms with Gasteiger partial charge in [-0.2, -0.15) is 13.2 Å². The molecule has 0 bridgehead atoms. The van der Waals surface area contributed by atoms with E-state index in [0.29, 0.717) is 31.6 Å². The highest BCUT2D eigenvalue weighted by Crippen LogP contribution is 2.33. The summed E-state index contributed by atoms with van der Waals surface area (Å²) in [4.78, 5) is 6.14. The Kier molecular flexibility index (Phi) is 7.08. The number of rotatable bonds is 7. The van der Waals surface area contributed by atoms with Gasteiger partial charge in [-0.3, -0.25) is 15.0 Å². The molecule has 1 unspecified atom stereocenters. The molecule has 1 saturated heterocycles. The van der Waals surface area contributed by atoms with E-state index in [2.05, 4.69) is 19.9 Å². The van der Waals surface area contributed by atoms with Gasteiger partial charge in [-0.25, -0.2) is 8.42 Å². The van der Waals surface area contributed by atoms with Crippen LogP contribution < -0.4 is 14.9 Å². The third kappa shape index (κ3) is 5.87. The molecule has 1 aliphatic heterocycles. The number of sulfonamides is 1. The van der Waals surface area contributed by atoms with E-state index in [4.69, 9.17) is 0 Å². The highest BCUT2D eigenvalue weighted by Gasteiger charge is 2.43. The normalized spacial score (nSPS) is 16.3. The SMILES string of the molecule is O=S(=O)(Nc1ccc(N2CCC(NC(c3ccccn3)C(F)(F)F)CC2)cc1)c1ccccc1. The number of nitrogens with zero attached hydrogens (tertiary/aromatic N) is 2. The van der Waals surface area contributed by atoms with Crippen molar-refractivity contribution in [2.75, 3.05) is 22.7 Å². The highest BCUT2D eigenvalue weighted by molar-refractivity contribution is 7.92. The smallest absolute Gasteiger partial charge is 0.371 e. The summed E-state index contributed by atoms with van der Waals surface area (Å²) in [5, 5.41) is 2.74. The predicted octanol–water partition coefficient (Wildman–Crippen LogP) is 4.74. The largest absolute Gasteiger partial charge is 0.409 e. The molecule has 1 aromatic heterocycles. The Labute approximate surface area is 196 Å². The van der Waals surface area contributed by atoms with Crippen molar-refractivity contribution in [1.29, 1.82) is 0 Å². The van der Waals surface area contributed by atoms with Crippen LogP contribution >= 0.6 is 0 Å². The average molecular weight is 491 g/mol. The van der Waals surface area contributed by atoms with Gasteiger partial charge in [0.25, 0.3) is 10.0 Å². The van der Waals surface area contributed by atoms with Crippen molar-refractivity contribution in [3.63, 3.8) is 0 Å². The van der Waals surface area contributed by atoms with Crippen molar-refractivity contribution in [3.8, 4) is 0 Å². The van der Waals surface area contributed by atoms with Crippen molar-refractivity contribution < 1.29 is 21.6 Å². The van der Waals surface area contributed by atoms with Gasteiger partial charge in [0.15, 0.2) is 0 Å². The molecule has 2 aromatic carbocycles. The molecule has 1 aliphatic rings. The van der Waals surface area contributed by atoms with Gasteiger partial charge in [0, 0.05) is 36.7 Å². The van der Waals surface area contributed by atoms with Crippen LogP contribution in [0.15, 0.2) is 83.9 Å². The number of pyridine rings is 1. The van der Waals surface area contributed by atoms with Crippen molar-refractivity contribution in [2.45, 2.75) is 36.0 Å². The molecule has 0 amide bonds. The lowest BCUT2D eigenvalue weighted by molar-refractivity contribution is -0.161. The van der Waals surface area contributed by atoms with E-state index in [1.54, 1.807) is 42.5 Å². The Morgan fingerprint density at radius 1 is 0.912 bits per heavy atom. The topological polar surface area (TPSA) is 74.3 Å². The van der Waals surface area contributed by atoms with E-state index < -0.39 is 22.2 Å². The van der Waals surface area contributed by atoms with E-state index in [1.807, 2.05) is 12.1 Å². The fourth-order valence-electron chi connectivity index (χ4n) is 3.99. The first kappa shape index (κ1) is 24.0. The number of piperidine rings is 1. The lowest BCUT2D eigenvalue weighted by Crippen LogP contribution is -2.47. The quantitative estimate of drug-likeness (QED) is 0.500. The number of nitrogens with one attached hydrogen (secondary N) is 2. The van der Waals surface area contributed by atoms with Gasteiger partial charge in [0.05, 0.1) is 10.6 Å². The lowest BCUT2D eigenvalue weighted by atomic mass is 10.0. The predicted molar refractivity (Wildman–Crippen MR) is 125 cm³/mol. The zero-order valence-corrected chi connectivity index (χ0v) is 19.1. The number of hydrogen-bond donors (Lipinski definition) is 2. The van der Waals surface area contributed by atoms with Crippen LogP contribution in [0.1, 0.15) is 24.6 Å². The average Bonchev–Trinajstić information content (AvgIpc) is 2.84. The molecule has 180 valence electrons. The van der Waals surface area contributed by atoms with Crippen molar-refractivity contribution in [3.05, 3.63) is 84.7 Å². The molecule has 0 saturated carbocycles. The monoisotopic (exact) mass is 490 g/mol. The van der Waals surface area contributed by atoms with Crippen molar-refractivity contribution in [1.82, 2.24) is 10.3 Å². The van der Waals surface area contributed by atoms with Gasteiger partial charge < -0.3 is 4.90 Å². The summed E-state index contributed by atoms with van der Waals surface area (Å²) >= 11 is 0. The van der Waals surface area contributed by atoms with Crippen molar-refractivity contribution in [2.24, 2.45) is 0 Å². The van der Waals surface area contributed by atoms with Crippen LogP contribution in [-0.2, 0) is 10.0 Å². The van der Waals surface area contributed by atoms with Crippen LogP contribution in [0.5, 0.6) is 0 Å². The van der Waals surface area contributed by atoms with E-state index in [-0.39, 0.29) is 16.6 Å². The fraction of sp³-hybridized carbons (Fsp3) is 0.292. The molecule has 4 rings (SSSR count). The Hall–Kier alpha value is -3.11. The maximum atomic E-state index is 13.6. The summed E-state index contributed by atoms with van der Waals surface area (Å²) in [6.07, 6.45) is -1.99. The zero-order valence-electron chi connectivity index (χ0n) is 18.2. The molecule has 1 fully saturated rings. The van der Waals surface area contributed by atoms with Gasteiger partial charge in [0.1, 0.15) is 6.04 Å². The molecule has 10 heteroatoms. The van der Waals surface area contributed by atoms with Crippen molar-refractivity contribution >= 4 is 21.4 Å². The van der Waals surface area contributed by atoms with Gasteiger partial charge >= 0.3 is 6.18 Å². The van der Waals surface area contributed by atoms with Gasteiger partial charge in [0.2, 0.25) is 0 Å². The first-order valence-electron chi connectivity index (χ1n) is 10.9. The molecule has 3 aromatic rings. The van der Waals surface area contributed by atoms with Crippen LogP contribution in [0.2, 0.25) is 0 Å². The Bertz CT molecular complexity index is 1170. The van der Waals surface area contributed by atoms with Crippen LogP contribution in [0, 0.1) is 0 Å². The summed E-state index contributed by atoms with van der Waals surface area (Å²) in [5.74, 6) is 0. The van der Waals surface area contributed by atoms with E-state index in [1.165, 1.54) is 24.4 Å². The summed E-state index contributed by atoms with van der Waals surface area (Å²) in [5.41, 5.74) is 1.29. The molecular weight excluding hydrogens is 465 g/mol. The minimum atomic E-state index is -4.44. The maximum absolute atomic E-state index is 13.6. The number of halogens is 3. The Balaban J connectivity index is 1.35. The maximum Gasteiger partial charge on any atom is 0.409 e. The highest BCUT2D eigenvalue weighted by atomic mass is 32.2. The Morgan fingerprint density at radius 2 is 1.56 bits per heavy atom. The Morgan fingerprint density at radius 3 is 2.15 bits per heavy atom. The molecule has 2 heterocycles. The summed E-state index contributed by atoms with van der Waals surface area (Å²) < 4.78 is 68.3. The third-order valence-corrected chi connectivity index (χ3v) is 7.14. The molecule has 2 N–H and O–H groups in total. The molecule has 0 aliphatic carbocycles. The second-order valence-electron chi connectivity index (χ2n) is 8.12. The number of aromatic nitrogens is 1. The zero-order chi connectivity index (χ0) is 24.2. The second kappa shape index (κ2) is 10.0. The van der Waals surface area contributed by atoms with E-state index >= 15 is 0 Å². The van der Waals surface area contributed by atoms with Crippen LogP contribution in [-0.4, -0.2) is 38.7 Å². The number of alkyl halides is 3. The fourth-order valence-corrected chi connectivity index (χ4v) is 5.07. The van der Waals surface area contributed by atoms with E-state index in [9.17, 15) is 21.6 Å². The van der Waals surface area contributed by atoms with Crippen LogP contribution in [0.25, 0.3) is 0 Å². The second-order valence-corrected chi connectivity index (χ2v) is 9.81. The third-order valence-electron chi connectivity index (χ3n) is 5.75. The summed E-state index contributed by atoms with van der Waals surface area (Å²) in [6, 6.07) is 17.5. The lowest BCUT2D eigenvalue weighted by Gasteiger charge is -2.36. The first-order chi connectivity index (χ1) is 16.2. The van der Waals surface area contributed by atoms with E-state index in [0.717, 1.165) is 5.69 Å². The van der Waals surface area contributed by atoms with Gasteiger partial charge in [-0.15, -0.1) is 0 Å². The molecule has 34 heavy (non-hydrogen) atoms. The number of anilines is 2. The van der Waals surface area contributed by atoms with Gasteiger partial charge in [-0.05, 0) is 61.4 Å². The molecule has 0 spiro atoms. The first-order valence-corrected chi connectivity index (χ1v) is 12.4. The standard InChI is InChI=1S/C24H25F3N4O2S/c25-24(26,27)23(22-8-4-5-15-28-22)29-18-13-16-31(17-14-18)20-11-9-19(10-12-20)30-34(32,33)21-6-2-1-3-7-21/h1-12,15,18,23,29-30H,13-14,16-17H2. The minimum Gasteiger partial charge on any atom is -0.371 e. The molecular formula is C24H25F3N4O2S. The van der Waals surface area contributed by atoms with Crippen LogP contribution in [0.3, 0.4) is 0 Å². The van der Waals surface area contributed by atoms with Gasteiger partial charge in [-0.1, -0.05) is 24.3 Å².